The van der Waals surface area contributed by atoms with E-state index in [9.17, 15) is 9.59 Å². The van der Waals surface area contributed by atoms with E-state index in [2.05, 4.69) is 15.0 Å². The maximum absolute atomic E-state index is 11.7. The molecular formula is C15H18N2O5. The van der Waals surface area contributed by atoms with Crippen LogP contribution in [0.5, 0.6) is 0 Å². The van der Waals surface area contributed by atoms with Crippen molar-refractivity contribution in [2.45, 2.75) is 25.6 Å². The van der Waals surface area contributed by atoms with E-state index in [1.165, 1.54) is 7.11 Å². The molecular weight excluding hydrogens is 288 g/mol. The second-order valence-electron chi connectivity index (χ2n) is 4.75. The molecule has 7 heteroatoms. The molecule has 1 aromatic rings. The first-order valence-corrected chi connectivity index (χ1v) is 6.85. The molecule has 2 atom stereocenters. The highest BCUT2D eigenvalue weighted by molar-refractivity contribution is 5.90. The van der Waals surface area contributed by atoms with Crippen LogP contribution >= 0.6 is 0 Å². The van der Waals surface area contributed by atoms with Gasteiger partial charge in [0.15, 0.2) is 6.04 Å². The first-order valence-electron chi connectivity index (χ1n) is 6.85. The molecule has 118 valence electrons. The summed E-state index contributed by atoms with van der Waals surface area (Å²) in [4.78, 5) is 27.1. The minimum Gasteiger partial charge on any atom is -0.477 e. The Bertz CT molecular complexity index is 558. The van der Waals surface area contributed by atoms with Crippen LogP contribution in [0.3, 0.4) is 0 Å². The van der Waals surface area contributed by atoms with E-state index < -0.39 is 24.1 Å². The predicted molar refractivity (Wildman–Crippen MR) is 78.4 cm³/mol. The molecule has 0 saturated carbocycles. The molecule has 0 aromatic heterocycles. The van der Waals surface area contributed by atoms with E-state index in [-0.39, 0.29) is 19.1 Å². The third-order valence-corrected chi connectivity index (χ3v) is 3.06. The van der Waals surface area contributed by atoms with Gasteiger partial charge in [-0.05, 0) is 12.5 Å². The Morgan fingerprint density at radius 2 is 2.14 bits per heavy atom. The molecule has 0 aliphatic carbocycles. The number of benzene rings is 1. The molecule has 2 rings (SSSR count). The first-order chi connectivity index (χ1) is 10.6. The lowest BCUT2D eigenvalue weighted by Gasteiger charge is -2.13. The van der Waals surface area contributed by atoms with Crippen molar-refractivity contribution in [2.75, 3.05) is 13.7 Å². The van der Waals surface area contributed by atoms with Gasteiger partial charge in [0, 0.05) is 0 Å². The van der Waals surface area contributed by atoms with Crippen LogP contribution in [0, 0.1) is 0 Å². The molecule has 0 spiro atoms. The molecule has 7 nitrogen and oxygen atoms in total. The average molecular weight is 306 g/mol. The van der Waals surface area contributed by atoms with Gasteiger partial charge in [-0.2, -0.15) is 0 Å². The zero-order chi connectivity index (χ0) is 15.9. The summed E-state index contributed by atoms with van der Waals surface area (Å²) in [6, 6.07) is 8.19. The van der Waals surface area contributed by atoms with E-state index in [1.54, 1.807) is 6.92 Å². The van der Waals surface area contributed by atoms with Gasteiger partial charge in [0.25, 0.3) is 0 Å². The second kappa shape index (κ2) is 7.44. The van der Waals surface area contributed by atoms with Crippen LogP contribution in [0.2, 0.25) is 0 Å². The Morgan fingerprint density at radius 3 is 2.82 bits per heavy atom. The highest BCUT2D eigenvalue weighted by Gasteiger charge is 2.29. The first kappa shape index (κ1) is 15.8. The molecule has 1 heterocycles. The molecule has 0 unspecified atom stereocenters. The van der Waals surface area contributed by atoms with Crippen LogP contribution in [0.4, 0.5) is 4.79 Å². The van der Waals surface area contributed by atoms with Crippen LogP contribution in [-0.4, -0.2) is 43.8 Å². The molecule has 1 amide bonds. The monoisotopic (exact) mass is 306 g/mol. The Morgan fingerprint density at radius 1 is 1.41 bits per heavy atom. The van der Waals surface area contributed by atoms with Crippen molar-refractivity contribution < 1.29 is 23.8 Å². The lowest BCUT2D eigenvalue weighted by molar-refractivity contribution is -0.142. The number of nitrogens with zero attached hydrogens (tertiary/aromatic N) is 1. The van der Waals surface area contributed by atoms with Gasteiger partial charge in [-0.3, -0.25) is 0 Å². The number of amides is 1. The number of esters is 1. The summed E-state index contributed by atoms with van der Waals surface area (Å²) < 4.78 is 15.0. The van der Waals surface area contributed by atoms with Crippen molar-refractivity contribution in [1.29, 1.82) is 0 Å². The smallest absolute Gasteiger partial charge is 0.408 e. The molecule has 1 aliphatic heterocycles. The number of nitrogens with one attached hydrogen (secondary N) is 1. The van der Waals surface area contributed by atoms with Gasteiger partial charge in [-0.1, -0.05) is 30.3 Å². The van der Waals surface area contributed by atoms with Gasteiger partial charge >= 0.3 is 12.1 Å². The number of carbonyl (C=O) groups is 2. The molecule has 0 fully saturated rings. The molecule has 1 N–H and O–H groups in total. The number of rotatable bonds is 5. The fourth-order valence-electron chi connectivity index (χ4n) is 1.89. The number of hydrogen-bond acceptors (Lipinski definition) is 6. The third-order valence-electron chi connectivity index (χ3n) is 3.06. The van der Waals surface area contributed by atoms with Crippen molar-refractivity contribution in [3.8, 4) is 0 Å². The molecule has 1 aromatic carbocycles. The summed E-state index contributed by atoms with van der Waals surface area (Å²) in [5.41, 5.74) is 0.894. The van der Waals surface area contributed by atoms with E-state index in [0.29, 0.717) is 0 Å². The highest BCUT2D eigenvalue weighted by Crippen LogP contribution is 2.09. The number of ether oxygens (including phenoxy) is 3. The SMILES string of the molecule is COC(=O)[C@@H]1COC([C@@H](C)NC(=O)OCc2ccccc2)=N1. The van der Waals surface area contributed by atoms with E-state index in [4.69, 9.17) is 9.47 Å². The number of aliphatic imine (C=N–C) groups is 1. The van der Waals surface area contributed by atoms with E-state index in [1.807, 2.05) is 30.3 Å². The minimum absolute atomic E-state index is 0.118. The number of carbonyl (C=O) groups excluding carboxylic acids is 2. The van der Waals surface area contributed by atoms with Crippen LogP contribution in [0.25, 0.3) is 0 Å². The van der Waals surface area contributed by atoms with Gasteiger partial charge in [0.1, 0.15) is 19.3 Å². The summed E-state index contributed by atoms with van der Waals surface area (Å²) in [6.45, 7) is 1.99. The van der Waals surface area contributed by atoms with Gasteiger partial charge in [0.05, 0.1) is 7.11 Å². The van der Waals surface area contributed by atoms with Crippen molar-refractivity contribution in [1.82, 2.24) is 5.32 Å². The average Bonchev–Trinajstić information content (AvgIpc) is 3.03. The van der Waals surface area contributed by atoms with Crippen molar-refractivity contribution in [3.63, 3.8) is 0 Å². The predicted octanol–water partition coefficient (Wildman–Crippen LogP) is 1.27. The van der Waals surface area contributed by atoms with Crippen LogP contribution in [0.15, 0.2) is 35.3 Å². The standard InChI is InChI=1S/C15H18N2O5/c1-10(13-17-12(9-21-13)14(18)20-2)16-15(19)22-8-11-6-4-3-5-7-11/h3-7,10,12H,8-9H2,1-2H3,(H,16,19)/t10-,12+/m1/s1. The normalized spacial score (nSPS) is 17.9. The lowest BCUT2D eigenvalue weighted by atomic mass is 10.2. The van der Waals surface area contributed by atoms with E-state index >= 15 is 0 Å². The molecule has 0 bridgehead atoms. The van der Waals surface area contributed by atoms with Gasteiger partial charge in [-0.25, -0.2) is 14.6 Å². The lowest BCUT2D eigenvalue weighted by Crippen LogP contribution is -2.38. The molecule has 22 heavy (non-hydrogen) atoms. The van der Waals surface area contributed by atoms with Crippen LogP contribution < -0.4 is 5.32 Å². The summed E-state index contributed by atoms with van der Waals surface area (Å²) >= 11 is 0. The van der Waals surface area contributed by atoms with Crippen LogP contribution in [-0.2, 0) is 25.6 Å². The quantitative estimate of drug-likeness (QED) is 0.828. The number of hydrogen-bond donors (Lipinski definition) is 1. The summed E-state index contributed by atoms with van der Waals surface area (Å²) in [5, 5.41) is 2.60. The maximum Gasteiger partial charge on any atom is 0.408 e. The summed E-state index contributed by atoms with van der Waals surface area (Å²) in [5.74, 6) is -0.180. The zero-order valence-corrected chi connectivity index (χ0v) is 12.4. The molecule has 0 radical (unpaired) electrons. The van der Waals surface area contributed by atoms with Gasteiger partial charge < -0.3 is 19.5 Å². The number of methoxy groups -OCH3 is 1. The Balaban J connectivity index is 1.80. The minimum atomic E-state index is -0.676. The number of alkyl carbamates (subject to hydrolysis) is 1. The van der Waals surface area contributed by atoms with Crippen molar-refractivity contribution >= 4 is 18.0 Å². The molecule has 1 aliphatic rings. The van der Waals surface area contributed by atoms with Crippen LogP contribution in [0.1, 0.15) is 12.5 Å². The Hall–Kier alpha value is -2.57. The van der Waals surface area contributed by atoms with Crippen molar-refractivity contribution in [3.05, 3.63) is 35.9 Å². The summed E-state index contributed by atoms with van der Waals surface area (Å²) in [7, 11) is 1.29. The van der Waals surface area contributed by atoms with Gasteiger partial charge in [-0.15, -0.1) is 0 Å². The Labute approximate surface area is 128 Å². The molecule has 0 saturated heterocycles. The fourth-order valence-corrected chi connectivity index (χ4v) is 1.89. The topological polar surface area (TPSA) is 86.2 Å². The maximum atomic E-state index is 11.7. The second-order valence-corrected chi connectivity index (χ2v) is 4.75. The van der Waals surface area contributed by atoms with Crippen molar-refractivity contribution in [2.24, 2.45) is 4.99 Å². The van der Waals surface area contributed by atoms with E-state index in [0.717, 1.165) is 5.56 Å². The highest BCUT2D eigenvalue weighted by atomic mass is 16.6. The largest absolute Gasteiger partial charge is 0.477 e. The zero-order valence-electron chi connectivity index (χ0n) is 12.4. The fraction of sp³-hybridized carbons (Fsp3) is 0.400. The Kier molecular flexibility index (Phi) is 5.35. The third kappa shape index (κ3) is 4.21. The van der Waals surface area contributed by atoms with Gasteiger partial charge in [0.2, 0.25) is 5.90 Å². The summed E-state index contributed by atoms with van der Waals surface area (Å²) in [6.07, 6.45) is -0.579.